The second-order valence-electron chi connectivity index (χ2n) is 3.64. The molecule has 1 aliphatic rings. The zero-order chi connectivity index (χ0) is 10.9. The molecule has 0 spiro atoms. The smallest absolute Gasteiger partial charge is 0.208 e. The first kappa shape index (κ1) is 11.8. The van der Waals surface area contributed by atoms with Gasteiger partial charge in [0.15, 0.2) is 0 Å². The number of aliphatic hydroxyl groups is 5. The number of aliphatic hydroxyl groups excluding tert-OH is 3. The van der Waals surface area contributed by atoms with Crippen LogP contribution in [0.4, 0.5) is 0 Å². The lowest BCUT2D eigenvalue weighted by Crippen LogP contribution is -2.72. The van der Waals surface area contributed by atoms with Gasteiger partial charge in [0.2, 0.25) is 5.79 Å². The van der Waals surface area contributed by atoms with E-state index in [1.165, 1.54) is 0 Å². The van der Waals surface area contributed by atoms with Crippen LogP contribution in [0.15, 0.2) is 0 Å². The Balaban J connectivity index is 2.83. The van der Waals surface area contributed by atoms with Crippen molar-refractivity contribution in [2.24, 2.45) is 0 Å². The summed E-state index contributed by atoms with van der Waals surface area (Å²) in [7, 11) is 0. The highest BCUT2D eigenvalue weighted by atomic mass is 16.5. The first-order valence-corrected chi connectivity index (χ1v) is 4.62. The lowest BCUT2D eigenvalue weighted by molar-refractivity contribution is -0.285. The summed E-state index contributed by atoms with van der Waals surface area (Å²) in [4.78, 5) is 0. The number of rotatable bonds is 2. The molecule has 4 atom stereocenters. The third-order valence-electron chi connectivity index (χ3n) is 2.70. The molecule has 0 amide bonds. The van der Waals surface area contributed by atoms with Gasteiger partial charge in [0.05, 0.1) is 18.7 Å². The predicted molar refractivity (Wildman–Crippen MR) is 47.3 cm³/mol. The van der Waals surface area contributed by atoms with Gasteiger partial charge >= 0.3 is 0 Å². The van der Waals surface area contributed by atoms with Gasteiger partial charge in [0, 0.05) is 0 Å². The fourth-order valence-electron chi connectivity index (χ4n) is 1.74. The Morgan fingerprint density at radius 2 is 1.86 bits per heavy atom. The molecule has 0 aromatic rings. The highest BCUT2D eigenvalue weighted by Gasteiger charge is 2.51. The summed E-state index contributed by atoms with van der Waals surface area (Å²) in [5, 5.41) is 49.3. The highest BCUT2D eigenvalue weighted by Crippen LogP contribution is 2.24. The fraction of sp³-hybridized carbons (Fsp3) is 1.00. The predicted octanol–water partition coefficient (Wildman–Crippen LogP) is -2.87. The summed E-state index contributed by atoms with van der Waals surface area (Å²) in [6.45, 7) is 1.34. The molecular formula is C8H17NO5. The van der Waals surface area contributed by atoms with E-state index in [1.807, 2.05) is 0 Å². The highest BCUT2D eigenvalue weighted by molar-refractivity contribution is 5.01. The molecule has 6 heteroatoms. The van der Waals surface area contributed by atoms with Crippen molar-refractivity contribution in [3.8, 4) is 0 Å². The van der Waals surface area contributed by atoms with E-state index in [1.54, 1.807) is 6.92 Å². The van der Waals surface area contributed by atoms with Crippen molar-refractivity contribution in [2.45, 2.75) is 43.4 Å². The van der Waals surface area contributed by atoms with Gasteiger partial charge in [-0.3, -0.25) is 0 Å². The minimum Gasteiger partial charge on any atom is -0.395 e. The van der Waals surface area contributed by atoms with E-state index in [0.29, 0.717) is 6.42 Å². The van der Waals surface area contributed by atoms with Gasteiger partial charge in [-0.05, 0) is 6.42 Å². The van der Waals surface area contributed by atoms with Crippen molar-refractivity contribution in [1.29, 1.82) is 0 Å². The van der Waals surface area contributed by atoms with Gasteiger partial charge in [-0.25, -0.2) is 0 Å². The van der Waals surface area contributed by atoms with E-state index in [-0.39, 0.29) is 6.61 Å². The first-order valence-electron chi connectivity index (χ1n) is 4.62. The van der Waals surface area contributed by atoms with E-state index >= 15 is 0 Å². The van der Waals surface area contributed by atoms with Crippen LogP contribution in [0.25, 0.3) is 0 Å². The Labute approximate surface area is 81.8 Å². The molecule has 1 fully saturated rings. The van der Waals surface area contributed by atoms with Crippen molar-refractivity contribution < 1.29 is 25.5 Å². The van der Waals surface area contributed by atoms with E-state index in [4.69, 9.17) is 5.11 Å². The van der Waals surface area contributed by atoms with Gasteiger partial charge in [-0.2, -0.15) is 0 Å². The van der Waals surface area contributed by atoms with Gasteiger partial charge in [-0.15, -0.1) is 0 Å². The Hall–Kier alpha value is -0.240. The number of hydrogen-bond donors (Lipinski definition) is 6. The summed E-state index contributed by atoms with van der Waals surface area (Å²) >= 11 is 0. The Kier molecular flexibility index (Phi) is 3.46. The van der Waals surface area contributed by atoms with Crippen LogP contribution in [0.1, 0.15) is 13.3 Å². The molecule has 0 radical (unpaired) electrons. The molecule has 0 saturated carbocycles. The molecule has 84 valence electrons. The molecule has 1 heterocycles. The summed E-state index contributed by atoms with van der Waals surface area (Å²) in [5.74, 6) is -2.36. The average Bonchev–Trinajstić information content (AvgIpc) is 2.15. The molecule has 6 N–H and O–H groups in total. The summed E-state index contributed by atoms with van der Waals surface area (Å²) in [6, 6.07) is -1.50. The Bertz CT molecular complexity index is 194. The SMILES string of the molecule is CC[C@@H]1NC(CO)[C@@H](O)[C@@H](O)C1(O)O. The summed E-state index contributed by atoms with van der Waals surface area (Å²) in [6.07, 6.45) is -2.70. The van der Waals surface area contributed by atoms with Crippen LogP contribution in [0.5, 0.6) is 0 Å². The average molecular weight is 207 g/mol. The zero-order valence-electron chi connectivity index (χ0n) is 7.96. The summed E-state index contributed by atoms with van der Waals surface area (Å²) in [5.41, 5.74) is 0. The number of nitrogens with one attached hydrogen (secondary N) is 1. The topological polar surface area (TPSA) is 113 Å². The van der Waals surface area contributed by atoms with Gasteiger partial charge in [0.25, 0.3) is 0 Å². The second-order valence-corrected chi connectivity index (χ2v) is 3.64. The Morgan fingerprint density at radius 1 is 1.29 bits per heavy atom. The molecule has 0 bridgehead atoms. The van der Waals surface area contributed by atoms with Crippen molar-refractivity contribution >= 4 is 0 Å². The van der Waals surface area contributed by atoms with Gasteiger partial charge < -0.3 is 30.8 Å². The third-order valence-corrected chi connectivity index (χ3v) is 2.70. The lowest BCUT2D eigenvalue weighted by Gasteiger charge is -2.45. The standard InChI is InChI=1S/C8H17NO5/c1-2-5-8(13,14)7(12)6(11)4(3-10)9-5/h4-7,9-14H,2-3H2,1H3/t4?,5-,6+,7+/m0/s1. The van der Waals surface area contributed by atoms with E-state index in [2.05, 4.69) is 5.32 Å². The molecule has 0 aromatic heterocycles. The maximum absolute atomic E-state index is 9.49. The van der Waals surface area contributed by atoms with E-state index < -0.39 is 30.1 Å². The van der Waals surface area contributed by atoms with E-state index in [9.17, 15) is 20.4 Å². The van der Waals surface area contributed by atoms with Crippen molar-refractivity contribution in [3.63, 3.8) is 0 Å². The van der Waals surface area contributed by atoms with Crippen molar-refractivity contribution in [1.82, 2.24) is 5.32 Å². The molecular weight excluding hydrogens is 190 g/mol. The molecule has 1 saturated heterocycles. The molecule has 14 heavy (non-hydrogen) atoms. The minimum atomic E-state index is -2.36. The van der Waals surface area contributed by atoms with Crippen LogP contribution in [0.2, 0.25) is 0 Å². The van der Waals surface area contributed by atoms with E-state index in [0.717, 1.165) is 0 Å². The summed E-state index contributed by atoms with van der Waals surface area (Å²) < 4.78 is 0. The van der Waals surface area contributed by atoms with Crippen LogP contribution in [-0.2, 0) is 0 Å². The number of hydrogen-bond acceptors (Lipinski definition) is 6. The molecule has 6 nitrogen and oxygen atoms in total. The lowest BCUT2D eigenvalue weighted by atomic mass is 9.86. The largest absolute Gasteiger partial charge is 0.395 e. The maximum Gasteiger partial charge on any atom is 0.208 e. The quantitative estimate of drug-likeness (QED) is 0.271. The van der Waals surface area contributed by atoms with Crippen molar-refractivity contribution in [3.05, 3.63) is 0 Å². The normalized spacial score (nSPS) is 42.4. The van der Waals surface area contributed by atoms with Crippen LogP contribution >= 0.6 is 0 Å². The minimum absolute atomic E-state index is 0.368. The van der Waals surface area contributed by atoms with Crippen LogP contribution in [0, 0.1) is 0 Å². The van der Waals surface area contributed by atoms with Crippen LogP contribution in [-0.4, -0.2) is 62.2 Å². The van der Waals surface area contributed by atoms with Crippen LogP contribution < -0.4 is 5.32 Å². The first-order chi connectivity index (χ1) is 6.45. The Morgan fingerprint density at radius 3 is 2.29 bits per heavy atom. The molecule has 1 rings (SSSR count). The third kappa shape index (κ3) is 1.77. The number of piperidine rings is 1. The van der Waals surface area contributed by atoms with Gasteiger partial charge in [0.1, 0.15) is 12.2 Å². The molecule has 0 aromatic carbocycles. The van der Waals surface area contributed by atoms with Crippen molar-refractivity contribution in [2.75, 3.05) is 6.61 Å². The molecule has 0 aliphatic carbocycles. The monoisotopic (exact) mass is 207 g/mol. The molecule has 1 unspecified atom stereocenters. The maximum atomic E-state index is 9.49. The fourth-order valence-corrected chi connectivity index (χ4v) is 1.74. The van der Waals surface area contributed by atoms with Gasteiger partial charge in [-0.1, -0.05) is 6.92 Å². The zero-order valence-corrected chi connectivity index (χ0v) is 7.96. The molecule has 1 aliphatic heterocycles. The van der Waals surface area contributed by atoms with Crippen LogP contribution in [0.3, 0.4) is 0 Å². The second kappa shape index (κ2) is 4.09.